The number of methoxy groups -OCH3 is 2. The molecular weight excluding hydrogens is 1770 g/mol. The molecule has 14 rings (SSSR count). The number of likely N-dealkylation sites (N-methyl/N-ethyl adjacent to an activating group) is 1. The number of urea groups is 2. The van der Waals surface area contributed by atoms with E-state index >= 15 is 4.79 Å². The average Bonchev–Trinajstić information content (AvgIpc) is 1.58. The highest BCUT2D eigenvalue weighted by Crippen LogP contribution is 2.48. The number of carbonyl (C=O) groups excluding carboxylic acids is 6. The van der Waals surface area contributed by atoms with Crippen molar-refractivity contribution in [2.45, 2.75) is 261 Å². The third kappa shape index (κ3) is 23.0. The van der Waals surface area contributed by atoms with Crippen molar-refractivity contribution >= 4 is 122 Å². The monoisotopic (exact) mass is 1890 g/mol. The lowest BCUT2D eigenvalue weighted by atomic mass is 9.86. The van der Waals surface area contributed by atoms with Crippen LogP contribution in [-0.2, 0) is 55.2 Å². The lowest BCUT2D eigenvalue weighted by Crippen LogP contribution is -2.59. The first kappa shape index (κ1) is 98.7. The van der Waals surface area contributed by atoms with Crippen LogP contribution >= 0.6 is 22.7 Å². The van der Waals surface area contributed by atoms with E-state index < -0.39 is 155 Å². The molecule has 0 bridgehead atoms. The summed E-state index contributed by atoms with van der Waals surface area (Å²) < 4.78 is 80.8. The van der Waals surface area contributed by atoms with Crippen molar-refractivity contribution in [2.75, 3.05) is 64.6 Å². The van der Waals surface area contributed by atoms with E-state index in [1.807, 2.05) is 129 Å². The molecule has 2 aliphatic carbocycles. The molecule has 3 aromatic carbocycles. The van der Waals surface area contributed by atoms with Crippen LogP contribution in [0.2, 0.25) is 0 Å². The zero-order valence-electron chi connectivity index (χ0n) is 77.7. The lowest BCUT2D eigenvalue weighted by molar-refractivity contribution is -0.146. The van der Waals surface area contributed by atoms with Gasteiger partial charge in [0.2, 0.25) is 43.7 Å². The highest BCUT2D eigenvalue weighted by molar-refractivity contribution is 7.89. The molecule has 9 heterocycles. The van der Waals surface area contributed by atoms with Crippen LogP contribution in [0.4, 0.5) is 19.9 Å². The van der Waals surface area contributed by atoms with E-state index in [9.17, 15) is 60.6 Å². The maximum Gasteiger partial charge on any atom is 0.330 e. The van der Waals surface area contributed by atoms with Crippen LogP contribution in [0.3, 0.4) is 0 Å². The number of hydrogen-bond donors (Lipinski definition) is 10. The van der Waals surface area contributed by atoms with Gasteiger partial charge in [0.25, 0.3) is 0 Å². The summed E-state index contributed by atoms with van der Waals surface area (Å²) in [5.41, 5.74) is 0.0324. The molecule has 132 heavy (non-hydrogen) atoms. The lowest BCUT2D eigenvalue weighted by Gasteiger charge is -2.37. The summed E-state index contributed by atoms with van der Waals surface area (Å²) in [7, 11) is -2.85. The van der Waals surface area contributed by atoms with Crippen LogP contribution in [-0.4, -0.2) is 244 Å². The smallest absolute Gasteiger partial charge is 0.330 e. The summed E-state index contributed by atoms with van der Waals surface area (Å²) in [5.74, 6) is -3.36. The first-order valence-electron chi connectivity index (χ1n) is 45.5. The molecule has 2 saturated heterocycles. The number of hydrogen-bond acceptors (Lipinski definition) is 24. The van der Waals surface area contributed by atoms with Crippen molar-refractivity contribution in [3.63, 3.8) is 0 Å². The Morgan fingerprint density at radius 2 is 1.05 bits per heavy atom. The van der Waals surface area contributed by atoms with Gasteiger partial charge in [-0.2, -0.15) is 4.31 Å². The third-order valence-corrected chi connectivity index (χ3v) is 31.3. The minimum absolute atomic E-state index is 0.0000723. The molecule has 2 unspecified atom stereocenters. The predicted molar refractivity (Wildman–Crippen MR) is 506 cm³/mol. The molecular formula is C94H126N16O18S4. The largest absolute Gasteiger partial charge is 0.497 e. The molecule has 4 fully saturated rings. The second-order valence-electron chi connectivity index (χ2n) is 38.5. The quantitative estimate of drug-likeness (QED) is 0.0251. The normalized spacial score (nSPS) is 24.7. The number of rotatable bonds is 24. The summed E-state index contributed by atoms with van der Waals surface area (Å²) in [6, 6.07) is 14.6. The van der Waals surface area contributed by atoms with Crippen molar-refractivity contribution < 1.29 is 84.4 Å². The second kappa shape index (κ2) is 41.0. The second-order valence-corrected chi connectivity index (χ2v) is 44.7. The number of fused-ring (bicyclic) bond motifs is 7. The third-order valence-electron chi connectivity index (χ3n) is 25.5. The van der Waals surface area contributed by atoms with Crippen LogP contribution < -0.4 is 61.5 Å². The number of amides is 8. The number of aromatic nitrogens is 4. The number of ether oxygens (including phenoxy) is 4. The van der Waals surface area contributed by atoms with Crippen molar-refractivity contribution in [3.05, 3.63) is 113 Å². The van der Waals surface area contributed by atoms with Gasteiger partial charge >= 0.3 is 24.0 Å². The summed E-state index contributed by atoms with van der Waals surface area (Å²) in [4.78, 5) is 135. The van der Waals surface area contributed by atoms with Gasteiger partial charge in [-0.05, 0) is 146 Å². The van der Waals surface area contributed by atoms with Gasteiger partial charge in [0.1, 0.15) is 81.8 Å². The summed E-state index contributed by atoms with van der Waals surface area (Å²) >= 11 is 2.90. The molecule has 0 radical (unpaired) electrons. The highest BCUT2D eigenvalue weighted by atomic mass is 32.2. The fourth-order valence-corrected chi connectivity index (χ4v) is 22.0. The molecule has 0 spiro atoms. The minimum atomic E-state index is -3.83. The van der Waals surface area contributed by atoms with Crippen LogP contribution in [0.15, 0.2) is 113 Å². The van der Waals surface area contributed by atoms with E-state index in [2.05, 4.69) is 42.5 Å². The SMILES string of the molecule is COc1ccc2c(O[C@@H]3C[C@H]4C(=O)N[C@]5(C(=O)O)CC5/C=C\CCCCC[C@H](NC(=O)N[C@H](CN(C)S(=O)(=O)C(C)C)C(C)(C)C)C(=O)N4C3)cc(-c3csc(NC(C)C)n3)nc2c1.COc1ccc2c(O[C@@H]3C[C@H]4C(=O)N[C@]5(C(=O)O)CC5/C=C\CCCCC[C@H](NC(=O)N[C@H](CN5CCc6ccccc6S5(=O)=O)C(C)(C)C)C(=O)N4C3)cc(-c3csc(NC(C)C)n3)nc2c1. The van der Waals surface area contributed by atoms with Crippen molar-refractivity contribution in [3.8, 4) is 45.8 Å². The number of thiazole rings is 2. The number of aliphatic carboxylic acids is 2. The van der Waals surface area contributed by atoms with Crippen LogP contribution in [0, 0.1) is 22.7 Å². The van der Waals surface area contributed by atoms with E-state index in [0.717, 1.165) is 41.5 Å². The van der Waals surface area contributed by atoms with E-state index in [4.69, 9.17) is 38.9 Å². The van der Waals surface area contributed by atoms with Gasteiger partial charge in [-0.1, -0.05) is 110 Å². The Morgan fingerprint density at radius 1 is 0.606 bits per heavy atom. The van der Waals surface area contributed by atoms with Gasteiger partial charge in [-0.25, -0.2) is 60.3 Å². The molecule has 2 saturated carbocycles. The molecule has 38 heteroatoms. The van der Waals surface area contributed by atoms with Gasteiger partial charge in [0.15, 0.2) is 10.3 Å². The van der Waals surface area contributed by atoms with E-state index in [1.54, 1.807) is 76.6 Å². The summed E-state index contributed by atoms with van der Waals surface area (Å²) in [5, 5.41) is 50.8. The van der Waals surface area contributed by atoms with E-state index in [1.165, 1.54) is 48.1 Å². The summed E-state index contributed by atoms with van der Waals surface area (Å²) in [6.45, 7) is 22.9. The maximum atomic E-state index is 15.0. The highest BCUT2D eigenvalue weighted by Gasteiger charge is 2.63. The molecule has 7 aromatic rings. The molecule has 12 atom stereocenters. The zero-order valence-corrected chi connectivity index (χ0v) is 80.9. The number of carboxylic acid groups (broad SMARTS) is 2. The molecule has 7 aliphatic rings. The number of benzene rings is 3. The van der Waals surface area contributed by atoms with Crippen molar-refractivity contribution in [1.29, 1.82) is 0 Å². The first-order chi connectivity index (χ1) is 62.5. The molecule has 714 valence electrons. The zero-order chi connectivity index (χ0) is 95.3. The number of sulfonamides is 2. The Bertz CT molecular complexity index is 5740. The number of carboxylic acids is 2. The van der Waals surface area contributed by atoms with Gasteiger partial charge in [0.05, 0.1) is 59.9 Å². The fraction of sp³-hybridized carbons (Fsp3) is 0.553. The van der Waals surface area contributed by atoms with Gasteiger partial charge in [0, 0.05) is 121 Å². The molecule has 10 N–H and O–H groups in total. The van der Waals surface area contributed by atoms with Crippen molar-refractivity contribution in [2.24, 2.45) is 22.7 Å². The number of anilines is 2. The predicted octanol–water partition coefficient (Wildman–Crippen LogP) is 12.1. The number of nitrogens with zero attached hydrogens (tertiary/aromatic N) is 8. The maximum absolute atomic E-state index is 15.0. The van der Waals surface area contributed by atoms with Gasteiger partial charge in [-0.3, -0.25) is 19.2 Å². The minimum Gasteiger partial charge on any atom is -0.497 e. The standard InChI is InChI=1S/C49H62N8O9S2.C45H64N8O9S2/c1-29(2)50-47-53-38(28-67-47)37-24-40(34-19-18-32(65-6)22-36(34)51-37)66-33-23-39-43(58)55-49(45(60)61)25-31(49)15-10-8-7-9-11-16-35(44(59)57(39)26-33)52-46(62)54-42(48(3,4)5)27-56-21-20-30-14-12-13-17-41(30)68(56,63)64;1-26(2)46-43-49-35(25-63-43)34-21-37(31-18-17-29(61-9)19-33(31)47-34)62-30-20-36-39(54)51-45(41(56)57)22-28(45)15-13-11-10-12-14-16-32(40(55)53(36)23-30)48-42(58)50-38(44(5,6)7)24-52(8)64(59,60)27(3)4/h10,12-15,17-19,22,24,28-29,31,33,35,39,42H,7-9,11,16,20-21,23,25-27H2,1-6H3,(H,50,53)(H,55,58)(H,60,61)(H2,52,54,62);13,15,17-19,21,25-28,30,32,36,38H,10-12,14,16,20,22-24H2,1-9H3,(H,46,49)(H,51,54)(H,56,57)(H2,48,50,58)/b15-10-;15-13-/t31?,33-,35+,39+,42-,49-;28?,30-,32+,36+,38-,45-/m11/s1. The van der Waals surface area contributed by atoms with E-state index in [-0.39, 0.29) is 88.2 Å². The first-order valence-corrected chi connectivity index (χ1v) is 50.2. The molecule has 8 amide bonds. The number of carbonyl (C=O) groups is 8. The molecule has 5 aliphatic heterocycles. The molecule has 4 aromatic heterocycles. The van der Waals surface area contributed by atoms with Crippen LogP contribution in [0.1, 0.15) is 179 Å². The Balaban J connectivity index is 0.000000225. The summed E-state index contributed by atoms with van der Waals surface area (Å²) in [6.07, 6.45) is 13.2. The van der Waals surface area contributed by atoms with Crippen LogP contribution in [0.25, 0.3) is 44.6 Å². The number of pyridine rings is 2. The Kier molecular flexibility index (Phi) is 30.6. The Labute approximate surface area is 779 Å². The van der Waals surface area contributed by atoms with Gasteiger partial charge in [-0.15, -0.1) is 22.7 Å². The topological polar surface area (TPSA) is 443 Å². The molecule has 34 nitrogen and oxygen atoms in total. The van der Waals surface area contributed by atoms with Gasteiger partial charge < -0.3 is 81.5 Å². The van der Waals surface area contributed by atoms with Crippen molar-refractivity contribution in [1.82, 2.24) is 70.2 Å². The van der Waals surface area contributed by atoms with E-state index in [0.29, 0.717) is 99.7 Å². The Morgan fingerprint density at radius 3 is 1.48 bits per heavy atom. The average molecular weight is 1900 g/mol. The number of nitrogens with one attached hydrogen (secondary N) is 8. The fourth-order valence-electron chi connectivity index (χ4n) is 17.5. The van der Waals surface area contributed by atoms with Crippen LogP contribution in [0.5, 0.6) is 23.0 Å². The number of allylic oxidation sites excluding steroid dienone is 2. The Hall–Kier alpha value is -10.8.